The molecule has 7 nitrogen and oxygen atoms in total. The number of aromatic nitrogens is 2. The molecule has 0 saturated carbocycles. The molecule has 0 aliphatic carbocycles. The minimum atomic E-state index is -1.94. The van der Waals surface area contributed by atoms with E-state index in [2.05, 4.69) is 0 Å². The van der Waals surface area contributed by atoms with Crippen molar-refractivity contribution in [3.63, 3.8) is 0 Å². The number of alkyl halides is 1. The molecule has 0 amide bonds. The molecule has 0 unspecified atom stereocenters. The van der Waals surface area contributed by atoms with Crippen LogP contribution in [0.4, 0.5) is 4.39 Å². The second-order valence-corrected chi connectivity index (χ2v) is 4.40. The Balaban J connectivity index is 2.52. The molecular formula is C10H10ClFN2O5. The monoisotopic (exact) mass is 292 g/mol. The molecule has 0 radical (unpaired) electrons. The Labute approximate surface area is 110 Å². The summed E-state index contributed by atoms with van der Waals surface area (Å²) >= 11 is 5.79. The predicted molar refractivity (Wildman–Crippen MR) is 63.3 cm³/mol. The van der Waals surface area contributed by atoms with Gasteiger partial charge in [-0.25, -0.2) is 13.8 Å². The molecule has 1 aromatic heterocycles. The number of rotatable bonds is 3. The van der Waals surface area contributed by atoms with Crippen LogP contribution in [0.25, 0.3) is 5.88 Å². The Morgan fingerprint density at radius 3 is 2.74 bits per heavy atom. The summed E-state index contributed by atoms with van der Waals surface area (Å²) in [4.78, 5) is 24.5. The molecule has 1 aliphatic rings. The molecule has 3 N–H and O–H groups in total. The molecular weight excluding hydrogens is 283 g/mol. The van der Waals surface area contributed by atoms with Gasteiger partial charge in [0.1, 0.15) is 17.8 Å². The predicted octanol–water partition coefficient (Wildman–Crippen LogP) is -1.01. The number of nitrogens with one attached hydrogen (secondary N) is 1. The van der Waals surface area contributed by atoms with E-state index in [9.17, 15) is 19.1 Å². The Bertz CT molecular complexity index is 633. The maximum absolute atomic E-state index is 13.0. The largest absolute Gasteiger partial charge is 0.462 e. The lowest BCUT2D eigenvalue weighted by Gasteiger charge is -2.27. The first-order chi connectivity index (χ1) is 8.95. The smallest absolute Gasteiger partial charge is 0.335 e. The third-order valence-electron chi connectivity index (χ3n) is 2.78. The van der Waals surface area contributed by atoms with Crippen LogP contribution in [-0.4, -0.2) is 44.8 Å². The number of aromatic amines is 1. The van der Waals surface area contributed by atoms with E-state index in [4.69, 9.17) is 21.4 Å². The van der Waals surface area contributed by atoms with Gasteiger partial charge in [0, 0.05) is 12.3 Å². The molecule has 0 saturated heterocycles. The fourth-order valence-corrected chi connectivity index (χ4v) is 1.98. The molecule has 1 aromatic rings. The summed E-state index contributed by atoms with van der Waals surface area (Å²) in [7, 11) is 0. The van der Waals surface area contributed by atoms with Gasteiger partial charge >= 0.3 is 5.69 Å². The fourth-order valence-electron chi connectivity index (χ4n) is 1.65. The Hall–Kier alpha value is -1.64. The minimum absolute atomic E-state index is 0.331. The molecule has 104 valence electrons. The molecule has 0 fully saturated rings. The van der Waals surface area contributed by atoms with Gasteiger partial charge < -0.3 is 14.9 Å². The van der Waals surface area contributed by atoms with Gasteiger partial charge in [0.15, 0.2) is 5.60 Å². The van der Waals surface area contributed by atoms with Crippen molar-refractivity contribution in [1.29, 1.82) is 0 Å². The van der Waals surface area contributed by atoms with E-state index in [1.165, 1.54) is 0 Å². The number of aliphatic hydroxyl groups is 2. The van der Waals surface area contributed by atoms with Gasteiger partial charge in [-0.3, -0.25) is 9.78 Å². The SMILES string of the molecule is O=c1ccn(C2=C(Cl)[C@H](O)[C@](CO)(CF)O2)c(=O)[nH]1. The highest BCUT2D eigenvalue weighted by atomic mass is 35.5. The second kappa shape index (κ2) is 4.80. The second-order valence-electron chi connectivity index (χ2n) is 3.99. The van der Waals surface area contributed by atoms with E-state index >= 15 is 0 Å². The van der Waals surface area contributed by atoms with E-state index in [0.717, 1.165) is 16.8 Å². The van der Waals surface area contributed by atoms with Crippen LogP contribution in [0.1, 0.15) is 0 Å². The van der Waals surface area contributed by atoms with Crippen molar-refractivity contribution < 1.29 is 19.3 Å². The lowest BCUT2D eigenvalue weighted by molar-refractivity contribution is -0.0830. The van der Waals surface area contributed by atoms with E-state index in [1.807, 2.05) is 4.98 Å². The average molecular weight is 293 g/mol. The van der Waals surface area contributed by atoms with Crippen LogP contribution < -0.4 is 11.2 Å². The summed E-state index contributed by atoms with van der Waals surface area (Å²) in [6.07, 6.45) is -0.546. The summed E-state index contributed by atoms with van der Waals surface area (Å²) in [6, 6.07) is 1.03. The molecule has 0 spiro atoms. The van der Waals surface area contributed by atoms with E-state index in [-0.39, 0.29) is 10.9 Å². The van der Waals surface area contributed by atoms with Crippen molar-refractivity contribution >= 4 is 17.5 Å². The maximum Gasteiger partial charge on any atom is 0.335 e. The highest BCUT2D eigenvalue weighted by Crippen LogP contribution is 2.38. The number of hydrogen-bond donors (Lipinski definition) is 3. The van der Waals surface area contributed by atoms with Crippen LogP contribution in [0.15, 0.2) is 26.9 Å². The Morgan fingerprint density at radius 2 is 2.26 bits per heavy atom. The Morgan fingerprint density at radius 1 is 1.58 bits per heavy atom. The van der Waals surface area contributed by atoms with Crippen LogP contribution in [-0.2, 0) is 4.74 Å². The van der Waals surface area contributed by atoms with Crippen LogP contribution in [0.3, 0.4) is 0 Å². The third-order valence-corrected chi connectivity index (χ3v) is 3.15. The first-order valence-corrected chi connectivity index (χ1v) is 5.59. The average Bonchev–Trinajstić information content (AvgIpc) is 2.64. The van der Waals surface area contributed by atoms with Crippen molar-refractivity contribution in [2.45, 2.75) is 11.7 Å². The molecule has 0 aromatic carbocycles. The lowest BCUT2D eigenvalue weighted by Crippen LogP contribution is -2.46. The molecule has 2 rings (SSSR count). The van der Waals surface area contributed by atoms with Gasteiger partial charge in [-0.15, -0.1) is 0 Å². The molecule has 19 heavy (non-hydrogen) atoms. The van der Waals surface area contributed by atoms with Crippen LogP contribution in [0.5, 0.6) is 0 Å². The number of H-pyrrole nitrogens is 1. The molecule has 2 heterocycles. The fraction of sp³-hybridized carbons (Fsp3) is 0.400. The Kier molecular flexibility index (Phi) is 3.48. The number of aliphatic hydroxyl groups excluding tert-OH is 2. The summed E-state index contributed by atoms with van der Waals surface area (Å²) in [5, 5.41) is 18.6. The van der Waals surface area contributed by atoms with Crippen molar-refractivity contribution in [2.24, 2.45) is 0 Å². The number of nitrogens with zero attached hydrogens (tertiary/aromatic N) is 1. The van der Waals surface area contributed by atoms with Gasteiger partial charge in [0.05, 0.1) is 6.61 Å². The minimum Gasteiger partial charge on any atom is -0.462 e. The van der Waals surface area contributed by atoms with Crippen LogP contribution in [0.2, 0.25) is 0 Å². The quantitative estimate of drug-likeness (QED) is 0.662. The normalized spacial score (nSPS) is 26.6. The number of ether oxygens (including phenoxy) is 1. The maximum atomic E-state index is 13.0. The molecule has 0 bridgehead atoms. The summed E-state index contributed by atoms with van der Waals surface area (Å²) in [5.74, 6) is -0.331. The van der Waals surface area contributed by atoms with Crippen molar-refractivity contribution in [2.75, 3.05) is 13.3 Å². The lowest BCUT2D eigenvalue weighted by atomic mass is 10.0. The zero-order valence-electron chi connectivity index (χ0n) is 9.47. The van der Waals surface area contributed by atoms with Gasteiger partial charge in [-0.1, -0.05) is 11.6 Å². The van der Waals surface area contributed by atoms with E-state index in [1.54, 1.807) is 0 Å². The van der Waals surface area contributed by atoms with Crippen molar-refractivity contribution in [3.8, 4) is 0 Å². The molecule has 9 heteroatoms. The standard InChI is InChI=1S/C10H10ClFN2O5/c11-6-7(17)10(3-12,4-15)19-8(6)14-2-1-5(16)13-9(14)18/h1-2,7,15,17H,3-4H2,(H,13,16,18)/t7-,10+/m0/s1. The first-order valence-electron chi connectivity index (χ1n) is 5.21. The number of halogens is 2. The van der Waals surface area contributed by atoms with Gasteiger partial charge in [0.2, 0.25) is 5.88 Å². The summed E-state index contributed by atoms with van der Waals surface area (Å²) in [6.45, 7) is -2.04. The molecule has 1 aliphatic heterocycles. The zero-order chi connectivity index (χ0) is 14.2. The highest BCUT2D eigenvalue weighted by molar-refractivity contribution is 6.32. The number of hydrogen-bond acceptors (Lipinski definition) is 5. The summed E-state index contributed by atoms with van der Waals surface area (Å²) in [5.41, 5.74) is -3.43. The van der Waals surface area contributed by atoms with E-state index < -0.39 is 36.2 Å². The van der Waals surface area contributed by atoms with Crippen molar-refractivity contribution in [1.82, 2.24) is 9.55 Å². The van der Waals surface area contributed by atoms with Gasteiger partial charge in [0.25, 0.3) is 5.56 Å². The topological polar surface area (TPSA) is 105 Å². The van der Waals surface area contributed by atoms with Crippen LogP contribution >= 0.6 is 11.6 Å². The van der Waals surface area contributed by atoms with Crippen molar-refractivity contribution in [3.05, 3.63) is 38.1 Å². The van der Waals surface area contributed by atoms with Crippen LogP contribution in [0, 0.1) is 0 Å². The third kappa shape index (κ3) is 2.07. The molecule has 2 atom stereocenters. The zero-order valence-corrected chi connectivity index (χ0v) is 10.2. The highest BCUT2D eigenvalue weighted by Gasteiger charge is 2.50. The van der Waals surface area contributed by atoms with E-state index in [0.29, 0.717) is 0 Å². The van der Waals surface area contributed by atoms with Gasteiger partial charge in [-0.05, 0) is 0 Å². The first kappa shape index (κ1) is 13.8. The summed E-state index contributed by atoms with van der Waals surface area (Å²) < 4.78 is 18.9. The van der Waals surface area contributed by atoms with Gasteiger partial charge in [-0.2, -0.15) is 0 Å².